The molecular formula is C28H21N5O2S. The first-order chi connectivity index (χ1) is 17.6. The summed E-state index contributed by atoms with van der Waals surface area (Å²) in [7, 11) is 0. The lowest BCUT2D eigenvalue weighted by Crippen LogP contribution is -2.34. The Bertz CT molecular complexity index is 1620. The van der Waals surface area contributed by atoms with Gasteiger partial charge in [-0.05, 0) is 60.2 Å². The van der Waals surface area contributed by atoms with E-state index in [2.05, 4.69) is 20.6 Å². The number of pyridine rings is 1. The summed E-state index contributed by atoms with van der Waals surface area (Å²) in [5.41, 5.74) is 3.95. The molecule has 0 aliphatic heterocycles. The average molecular weight is 492 g/mol. The van der Waals surface area contributed by atoms with Crippen molar-refractivity contribution in [1.82, 2.24) is 19.9 Å². The lowest BCUT2D eigenvalue weighted by atomic mass is 10.1. The number of rotatable bonds is 5. The van der Waals surface area contributed by atoms with Crippen molar-refractivity contribution in [1.29, 1.82) is 0 Å². The molecule has 1 amide bonds. The maximum Gasteiger partial charge on any atom is 0.278 e. The molecule has 0 fully saturated rings. The van der Waals surface area contributed by atoms with Crippen LogP contribution in [0.15, 0.2) is 108 Å². The predicted octanol–water partition coefficient (Wildman–Crippen LogP) is 4.50. The largest absolute Gasteiger partial charge is 0.332 e. The van der Waals surface area contributed by atoms with Crippen LogP contribution < -0.4 is 16.2 Å². The fourth-order valence-corrected chi connectivity index (χ4v) is 4.07. The van der Waals surface area contributed by atoms with Crippen molar-refractivity contribution in [3.63, 3.8) is 0 Å². The number of hydrogen-bond donors (Lipinski definition) is 2. The van der Waals surface area contributed by atoms with Crippen LogP contribution in [0.4, 0.5) is 5.69 Å². The number of fused-ring (bicyclic) bond motifs is 1. The summed E-state index contributed by atoms with van der Waals surface area (Å²) >= 11 is 5.33. The molecule has 0 radical (unpaired) electrons. The molecule has 0 atom stereocenters. The molecule has 0 saturated heterocycles. The summed E-state index contributed by atoms with van der Waals surface area (Å²) in [5.74, 6) is -0.310. The Balaban J connectivity index is 1.47. The van der Waals surface area contributed by atoms with Gasteiger partial charge in [0.15, 0.2) is 10.8 Å². The van der Waals surface area contributed by atoms with Gasteiger partial charge in [-0.3, -0.25) is 19.5 Å². The van der Waals surface area contributed by atoms with Gasteiger partial charge in [-0.2, -0.15) is 0 Å². The number of anilines is 1. The van der Waals surface area contributed by atoms with Gasteiger partial charge in [0.05, 0.1) is 5.69 Å². The molecule has 5 aromatic rings. The Morgan fingerprint density at radius 3 is 2.42 bits per heavy atom. The maximum atomic E-state index is 13.6. The highest BCUT2D eigenvalue weighted by Gasteiger charge is 2.15. The molecule has 0 aliphatic carbocycles. The SMILES string of the molecule is O=C(NC(=S)Nc1cccc(-n2c(=O)c(Cc3ccccc3)nc3cccnc32)c1)c1ccccc1. The van der Waals surface area contributed by atoms with Gasteiger partial charge in [-0.1, -0.05) is 54.6 Å². The van der Waals surface area contributed by atoms with E-state index in [1.165, 1.54) is 0 Å². The topological polar surface area (TPSA) is 88.9 Å². The van der Waals surface area contributed by atoms with Gasteiger partial charge in [0, 0.05) is 23.9 Å². The van der Waals surface area contributed by atoms with Crippen LogP contribution in [0.25, 0.3) is 16.9 Å². The minimum atomic E-state index is -0.310. The highest BCUT2D eigenvalue weighted by atomic mass is 32.1. The molecule has 8 heteroatoms. The molecule has 176 valence electrons. The molecule has 2 heterocycles. The molecule has 2 aromatic heterocycles. The number of carbonyl (C=O) groups excluding carboxylic acids is 1. The number of amides is 1. The highest BCUT2D eigenvalue weighted by Crippen LogP contribution is 2.18. The molecule has 7 nitrogen and oxygen atoms in total. The van der Waals surface area contributed by atoms with E-state index in [1.54, 1.807) is 59.3 Å². The third kappa shape index (κ3) is 5.03. The third-order valence-electron chi connectivity index (χ3n) is 5.52. The molecule has 0 unspecified atom stereocenters. The second-order valence-electron chi connectivity index (χ2n) is 8.03. The lowest BCUT2D eigenvalue weighted by molar-refractivity contribution is 0.0977. The van der Waals surface area contributed by atoms with Crippen molar-refractivity contribution in [3.05, 3.63) is 130 Å². The van der Waals surface area contributed by atoms with E-state index < -0.39 is 0 Å². The van der Waals surface area contributed by atoms with Crippen LogP contribution in [0.3, 0.4) is 0 Å². The van der Waals surface area contributed by atoms with E-state index in [0.717, 1.165) is 5.56 Å². The van der Waals surface area contributed by atoms with Gasteiger partial charge >= 0.3 is 0 Å². The first kappa shape index (κ1) is 23.1. The minimum absolute atomic E-state index is 0.149. The first-order valence-corrected chi connectivity index (χ1v) is 11.7. The normalized spacial score (nSPS) is 10.7. The van der Waals surface area contributed by atoms with Crippen LogP contribution in [-0.2, 0) is 6.42 Å². The average Bonchev–Trinajstić information content (AvgIpc) is 2.90. The second kappa shape index (κ2) is 10.3. The number of hydrogen-bond acceptors (Lipinski definition) is 5. The number of nitrogens with zero attached hydrogens (tertiary/aromatic N) is 3. The highest BCUT2D eigenvalue weighted by molar-refractivity contribution is 7.80. The van der Waals surface area contributed by atoms with Gasteiger partial charge in [0.2, 0.25) is 0 Å². The molecule has 2 N–H and O–H groups in total. The molecule has 0 spiro atoms. The molecule has 0 bridgehead atoms. The predicted molar refractivity (Wildman–Crippen MR) is 145 cm³/mol. The van der Waals surface area contributed by atoms with Crippen LogP contribution in [-0.4, -0.2) is 25.6 Å². The summed E-state index contributed by atoms with van der Waals surface area (Å²) in [5, 5.41) is 5.84. The minimum Gasteiger partial charge on any atom is -0.332 e. The van der Waals surface area contributed by atoms with Gasteiger partial charge in [0.25, 0.3) is 11.5 Å². The van der Waals surface area contributed by atoms with Gasteiger partial charge in [-0.25, -0.2) is 9.97 Å². The molecule has 5 rings (SSSR count). The summed E-state index contributed by atoms with van der Waals surface area (Å²) in [6, 6.07) is 29.4. The number of benzene rings is 3. The van der Waals surface area contributed by atoms with E-state index in [4.69, 9.17) is 12.2 Å². The number of thiocarbonyl (C=S) groups is 1. The van der Waals surface area contributed by atoms with E-state index >= 15 is 0 Å². The Morgan fingerprint density at radius 1 is 0.889 bits per heavy atom. The summed E-state index contributed by atoms with van der Waals surface area (Å²) < 4.78 is 1.55. The monoisotopic (exact) mass is 491 g/mol. The zero-order chi connectivity index (χ0) is 24.9. The molecule has 36 heavy (non-hydrogen) atoms. The fourth-order valence-electron chi connectivity index (χ4n) is 3.86. The quantitative estimate of drug-likeness (QED) is 0.352. The zero-order valence-electron chi connectivity index (χ0n) is 19.1. The van der Waals surface area contributed by atoms with Crippen LogP contribution in [0, 0.1) is 0 Å². The Hall–Kier alpha value is -4.69. The third-order valence-corrected chi connectivity index (χ3v) is 5.73. The smallest absolute Gasteiger partial charge is 0.278 e. The lowest BCUT2D eigenvalue weighted by Gasteiger charge is -2.14. The zero-order valence-corrected chi connectivity index (χ0v) is 19.9. The Morgan fingerprint density at radius 2 is 1.64 bits per heavy atom. The first-order valence-electron chi connectivity index (χ1n) is 11.3. The van der Waals surface area contributed by atoms with Gasteiger partial charge in [0.1, 0.15) is 11.2 Å². The molecular weight excluding hydrogens is 470 g/mol. The number of carbonyl (C=O) groups is 1. The van der Waals surface area contributed by atoms with E-state index in [1.807, 2.05) is 48.5 Å². The van der Waals surface area contributed by atoms with Crippen LogP contribution in [0.2, 0.25) is 0 Å². The van der Waals surface area contributed by atoms with Gasteiger partial charge in [-0.15, -0.1) is 0 Å². The second-order valence-corrected chi connectivity index (χ2v) is 8.44. The van der Waals surface area contributed by atoms with Crippen molar-refractivity contribution < 1.29 is 4.79 Å². The summed E-state index contributed by atoms with van der Waals surface area (Å²) in [6.07, 6.45) is 2.03. The Labute approximate surface area is 212 Å². The van der Waals surface area contributed by atoms with Crippen LogP contribution >= 0.6 is 12.2 Å². The van der Waals surface area contributed by atoms with Crippen molar-refractivity contribution in [2.75, 3.05) is 5.32 Å². The van der Waals surface area contributed by atoms with E-state index in [-0.39, 0.29) is 16.6 Å². The van der Waals surface area contributed by atoms with Gasteiger partial charge < -0.3 is 5.32 Å². The molecule has 3 aromatic carbocycles. The summed E-state index contributed by atoms with van der Waals surface area (Å²) in [6.45, 7) is 0. The maximum absolute atomic E-state index is 13.6. The van der Waals surface area contributed by atoms with Crippen molar-refractivity contribution in [2.24, 2.45) is 0 Å². The Kier molecular flexibility index (Phi) is 6.59. The van der Waals surface area contributed by atoms with Crippen LogP contribution in [0.1, 0.15) is 21.6 Å². The standard InChI is InChI=1S/C28H21N5O2S/c34-26(20-11-5-2-6-12-20)32-28(36)30-21-13-7-14-22(18-21)33-25-23(15-8-16-29-25)31-24(27(33)35)17-19-9-3-1-4-10-19/h1-16,18H,17H2,(H2,30,32,34,36). The van der Waals surface area contributed by atoms with Crippen LogP contribution in [0.5, 0.6) is 0 Å². The fraction of sp³-hybridized carbons (Fsp3) is 0.0357. The number of nitrogens with one attached hydrogen (secondary N) is 2. The number of aromatic nitrogens is 3. The van der Waals surface area contributed by atoms with Crippen molar-refractivity contribution in [2.45, 2.75) is 6.42 Å². The molecule has 0 saturated carbocycles. The van der Waals surface area contributed by atoms with Crippen molar-refractivity contribution in [3.8, 4) is 5.69 Å². The van der Waals surface area contributed by atoms with Crippen molar-refractivity contribution >= 4 is 40.1 Å². The van der Waals surface area contributed by atoms with E-state index in [9.17, 15) is 9.59 Å². The van der Waals surface area contributed by atoms with E-state index in [0.29, 0.717) is 40.2 Å². The summed E-state index contributed by atoms with van der Waals surface area (Å²) in [4.78, 5) is 35.0. The molecule has 0 aliphatic rings.